The van der Waals surface area contributed by atoms with Gasteiger partial charge in [0.15, 0.2) is 0 Å². The Labute approximate surface area is 203 Å². The fraction of sp³-hybridized carbons (Fsp3) is 0.458. The maximum Gasteiger partial charge on any atom is 0.279 e. The summed E-state index contributed by atoms with van der Waals surface area (Å²) in [6, 6.07) is 14.2. The molecule has 2 aliphatic rings. The molecule has 0 spiro atoms. The predicted molar refractivity (Wildman–Crippen MR) is 133 cm³/mol. The van der Waals surface area contributed by atoms with Crippen LogP contribution in [0.1, 0.15) is 25.7 Å². The number of nitrogens with zero attached hydrogens (tertiary/aromatic N) is 2. The summed E-state index contributed by atoms with van der Waals surface area (Å²) < 4.78 is 36.2. The largest absolute Gasteiger partial charge is 0.492 e. The van der Waals surface area contributed by atoms with Crippen molar-refractivity contribution in [2.45, 2.75) is 37.8 Å². The van der Waals surface area contributed by atoms with Crippen molar-refractivity contribution in [2.75, 3.05) is 25.2 Å². The second-order valence-electron chi connectivity index (χ2n) is 9.07. The number of halogens is 1. The van der Waals surface area contributed by atoms with E-state index in [-0.39, 0.29) is 0 Å². The zero-order valence-corrected chi connectivity index (χ0v) is 20.8. The molecule has 5 rings (SSSR count). The maximum absolute atomic E-state index is 11.7. The molecule has 33 heavy (non-hydrogen) atoms. The van der Waals surface area contributed by atoms with Crippen molar-refractivity contribution in [3.05, 3.63) is 47.5 Å². The minimum absolute atomic E-state index is 0.301. The van der Waals surface area contributed by atoms with E-state index in [1.807, 2.05) is 42.5 Å². The van der Waals surface area contributed by atoms with E-state index in [1.165, 1.54) is 17.6 Å². The van der Waals surface area contributed by atoms with E-state index in [9.17, 15) is 8.42 Å². The van der Waals surface area contributed by atoms with Crippen LogP contribution in [0.4, 0.5) is 0 Å². The average molecular weight is 507 g/mol. The quantitative estimate of drug-likeness (QED) is 0.407. The highest BCUT2D eigenvalue weighted by Gasteiger charge is 2.41. The lowest BCUT2D eigenvalue weighted by atomic mass is 9.92. The molecule has 0 radical (unpaired) electrons. The SMILES string of the molecule is CS(=O)(=O)CC1C[C@H]2CC[C@@H](C1)N2CCOc1ccc(Oc2nc3ccc(Cl)cc3s2)cc1. The average Bonchev–Trinajstić information content (AvgIpc) is 3.24. The third-order valence-electron chi connectivity index (χ3n) is 6.50. The van der Waals surface area contributed by atoms with Crippen molar-refractivity contribution in [3.63, 3.8) is 0 Å². The normalized spacial score (nSPS) is 23.2. The van der Waals surface area contributed by atoms with Crippen LogP contribution in [0, 0.1) is 5.92 Å². The molecular formula is C24H27ClN2O4S2. The van der Waals surface area contributed by atoms with E-state index in [4.69, 9.17) is 21.1 Å². The molecule has 1 unspecified atom stereocenters. The fourth-order valence-electron chi connectivity index (χ4n) is 5.21. The molecule has 0 saturated carbocycles. The molecule has 3 atom stereocenters. The van der Waals surface area contributed by atoms with Crippen molar-refractivity contribution in [1.29, 1.82) is 0 Å². The van der Waals surface area contributed by atoms with Gasteiger partial charge in [0.05, 0.1) is 16.0 Å². The van der Waals surface area contributed by atoms with Crippen LogP contribution >= 0.6 is 22.9 Å². The monoisotopic (exact) mass is 506 g/mol. The number of fused-ring (bicyclic) bond motifs is 3. The number of benzene rings is 2. The Balaban J connectivity index is 1.12. The van der Waals surface area contributed by atoms with Gasteiger partial charge in [-0.15, -0.1) is 0 Å². The number of hydrogen-bond donors (Lipinski definition) is 0. The molecule has 6 nitrogen and oxygen atoms in total. The van der Waals surface area contributed by atoms with Gasteiger partial charge < -0.3 is 9.47 Å². The van der Waals surface area contributed by atoms with Gasteiger partial charge in [0.1, 0.15) is 27.9 Å². The van der Waals surface area contributed by atoms with Crippen LogP contribution in [0.15, 0.2) is 42.5 Å². The van der Waals surface area contributed by atoms with Crippen molar-refractivity contribution in [2.24, 2.45) is 5.92 Å². The van der Waals surface area contributed by atoms with Crippen LogP contribution in [-0.2, 0) is 9.84 Å². The van der Waals surface area contributed by atoms with Gasteiger partial charge in [0, 0.05) is 29.9 Å². The Bertz CT molecular complexity index is 1210. The molecule has 2 aromatic carbocycles. The van der Waals surface area contributed by atoms with Gasteiger partial charge in [-0.25, -0.2) is 13.4 Å². The Morgan fingerprint density at radius 2 is 1.79 bits per heavy atom. The summed E-state index contributed by atoms with van der Waals surface area (Å²) >= 11 is 7.51. The second-order valence-corrected chi connectivity index (χ2v) is 12.7. The molecule has 3 heterocycles. The fourth-order valence-corrected chi connectivity index (χ4v) is 7.45. The molecule has 2 fully saturated rings. The minimum Gasteiger partial charge on any atom is -0.492 e. The van der Waals surface area contributed by atoms with Crippen molar-refractivity contribution >= 4 is 43.0 Å². The molecule has 2 saturated heterocycles. The van der Waals surface area contributed by atoms with Gasteiger partial charge in [0.25, 0.3) is 5.19 Å². The Morgan fingerprint density at radius 3 is 2.48 bits per heavy atom. The molecule has 176 valence electrons. The number of piperidine rings is 1. The minimum atomic E-state index is -2.91. The lowest BCUT2D eigenvalue weighted by molar-refractivity contribution is 0.0926. The number of hydrogen-bond acceptors (Lipinski definition) is 7. The van der Waals surface area contributed by atoms with Gasteiger partial charge in [-0.2, -0.15) is 0 Å². The highest BCUT2D eigenvalue weighted by atomic mass is 35.5. The van der Waals surface area contributed by atoms with Gasteiger partial charge in [-0.05, 0) is 74.1 Å². The lowest BCUT2D eigenvalue weighted by Crippen LogP contribution is -2.45. The topological polar surface area (TPSA) is 68.7 Å². The lowest BCUT2D eigenvalue weighted by Gasteiger charge is -2.38. The zero-order valence-electron chi connectivity index (χ0n) is 18.4. The summed E-state index contributed by atoms with van der Waals surface area (Å²) in [5.41, 5.74) is 0.869. The Hall–Kier alpha value is -1.87. The van der Waals surface area contributed by atoms with E-state index in [0.717, 1.165) is 48.2 Å². The first-order valence-electron chi connectivity index (χ1n) is 11.2. The third kappa shape index (κ3) is 5.62. The summed E-state index contributed by atoms with van der Waals surface area (Å²) in [5, 5.41) is 1.26. The maximum atomic E-state index is 11.7. The van der Waals surface area contributed by atoms with Crippen LogP contribution in [0.2, 0.25) is 5.02 Å². The smallest absolute Gasteiger partial charge is 0.279 e. The Morgan fingerprint density at radius 1 is 1.09 bits per heavy atom. The van der Waals surface area contributed by atoms with Crippen LogP contribution in [-0.4, -0.2) is 55.5 Å². The number of sulfone groups is 1. The summed E-state index contributed by atoms with van der Waals surface area (Å²) in [6.45, 7) is 1.48. The van der Waals surface area contributed by atoms with E-state index in [1.54, 1.807) is 0 Å². The van der Waals surface area contributed by atoms with E-state index in [0.29, 0.717) is 46.3 Å². The highest BCUT2D eigenvalue weighted by Crippen LogP contribution is 2.39. The third-order valence-corrected chi connectivity index (χ3v) is 8.71. The molecule has 9 heteroatoms. The van der Waals surface area contributed by atoms with Crippen LogP contribution in [0.25, 0.3) is 10.2 Å². The predicted octanol–water partition coefficient (Wildman–Crippen LogP) is 5.41. The van der Waals surface area contributed by atoms with Crippen LogP contribution < -0.4 is 9.47 Å². The van der Waals surface area contributed by atoms with Gasteiger partial charge in [-0.1, -0.05) is 22.9 Å². The van der Waals surface area contributed by atoms with E-state index < -0.39 is 9.84 Å². The molecule has 0 aliphatic carbocycles. The van der Waals surface area contributed by atoms with Gasteiger partial charge in [-0.3, -0.25) is 4.90 Å². The molecule has 0 N–H and O–H groups in total. The summed E-state index contributed by atoms with van der Waals surface area (Å²) in [7, 11) is -2.91. The first-order valence-corrected chi connectivity index (χ1v) is 14.5. The summed E-state index contributed by atoms with van der Waals surface area (Å²) in [4.78, 5) is 7.01. The number of ether oxygens (including phenoxy) is 2. The second kappa shape index (κ2) is 9.41. The number of thiazole rings is 1. The van der Waals surface area contributed by atoms with Crippen LogP contribution in [0.5, 0.6) is 16.7 Å². The summed E-state index contributed by atoms with van der Waals surface area (Å²) in [5.74, 6) is 2.13. The molecule has 0 amide bonds. The van der Waals surface area contributed by atoms with Crippen molar-refractivity contribution < 1.29 is 17.9 Å². The van der Waals surface area contributed by atoms with Crippen molar-refractivity contribution in [3.8, 4) is 16.7 Å². The molecule has 1 aromatic heterocycles. The molecule has 3 aromatic rings. The standard InChI is InChI=1S/C24H27ClN2O4S2/c1-33(28,29)15-16-12-18-3-4-19(13-16)27(18)10-11-30-20-5-7-21(8-6-20)31-24-26-22-9-2-17(25)14-23(22)32-24/h2,5-9,14,16,18-19H,3-4,10-13,15H2,1H3/t16?,18-,19+. The number of rotatable bonds is 8. The zero-order chi connectivity index (χ0) is 23.0. The first kappa shape index (κ1) is 22.9. The van der Waals surface area contributed by atoms with E-state index in [2.05, 4.69) is 9.88 Å². The van der Waals surface area contributed by atoms with Crippen molar-refractivity contribution in [1.82, 2.24) is 9.88 Å². The van der Waals surface area contributed by atoms with E-state index >= 15 is 0 Å². The molecule has 2 bridgehead atoms. The summed E-state index contributed by atoms with van der Waals surface area (Å²) in [6.07, 6.45) is 5.63. The first-order chi connectivity index (χ1) is 15.8. The molecule has 2 aliphatic heterocycles. The number of aromatic nitrogens is 1. The van der Waals surface area contributed by atoms with Gasteiger partial charge >= 0.3 is 0 Å². The van der Waals surface area contributed by atoms with Crippen LogP contribution in [0.3, 0.4) is 0 Å². The molecular weight excluding hydrogens is 480 g/mol. The highest BCUT2D eigenvalue weighted by molar-refractivity contribution is 7.90. The van der Waals surface area contributed by atoms with Gasteiger partial charge in [0.2, 0.25) is 0 Å². The Kier molecular flexibility index (Phi) is 6.53.